The second kappa shape index (κ2) is 3.40. The number of methoxy groups -OCH3 is 1. The maximum Gasteiger partial charge on any atom is 0.188 e. The van der Waals surface area contributed by atoms with Crippen LogP contribution in [0.15, 0.2) is 22.7 Å². The van der Waals surface area contributed by atoms with Gasteiger partial charge in [0.2, 0.25) is 0 Å². The summed E-state index contributed by atoms with van der Waals surface area (Å²) in [4.78, 5) is 3.27. The van der Waals surface area contributed by atoms with Gasteiger partial charge < -0.3 is 4.74 Å². The second-order valence-electron chi connectivity index (χ2n) is 1.93. The molecular formula is C8H6BrNO. The second-order valence-corrected chi connectivity index (χ2v) is 2.78. The first-order valence-electron chi connectivity index (χ1n) is 2.99. The lowest BCUT2D eigenvalue weighted by molar-refractivity contribution is 0.412. The Kier molecular flexibility index (Phi) is 2.50. The zero-order chi connectivity index (χ0) is 8.27. The molecule has 0 N–H and O–H groups in total. The molecule has 0 heterocycles. The summed E-state index contributed by atoms with van der Waals surface area (Å²) < 4.78 is 5.81. The van der Waals surface area contributed by atoms with Crippen LogP contribution in [0.4, 0.5) is 5.69 Å². The molecule has 0 unspecified atom stereocenters. The largest absolute Gasteiger partial charge is 0.496 e. The molecule has 0 spiro atoms. The van der Waals surface area contributed by atoms with Gasteiger partial charge in [0.25, 0.3) is 0 Å². The van der Waals surface area contributed by atoms with Crippen molar-refractivity contribution in [3.8, 4) is 5.75 Å². The Morgan fingerprint density at radius 2 is 2.27 bits per heavy atom. The van der Waals surface area contributed by atoms with E-state index in [9.17, 15) is 0 Å². The van der Waals surface area contributed by atoms with Crippen molar-refractivity contribution in [1.82, 2.24) is 0 Å². The maximum absolute atomic E-state index is 6.73. The normalized spacial score (nSPS) is 8.82. The zero-order valence-corrected chi connectivity index (χ0v) is 7.55. The van der Waals surface area contributed by atoms with Crippen LogP contribution >= 0.6 is 15.9 Å². The Hall–Kier alpha value is -1.01. The summed E-state index contributed by atoms with van der Waals surface area (Å²) in [6.07, 6.45) is 0. The van der Waals surface area contributed by atoms with Gasteiger partial charge in [-0.05, 0) is 28.1 Å². The summed E-state index contributed by atoms with van der Waals surface area (Å²) in [6.45, 7) is 6.73. The molecule has 1 aromatic carbocycles. The third kappa shape index (κ3) is 1.72. The van der Waals surface area contributed by atoms with Gasteiger partial charge in [0.15, 0.2) is 5.69 Å². The third-order valence-electron chi connectivity index (χ3n) is 1.26. The average molecular weight is 212 g/mol. The highest BCUT2D eigenvalue weighted by Gasteiger charge is 1.99. The molecule has 0 atom stereocenters. The lowest BCUT2D eigenvalue weighted by Gasteiger charge is -2.01. The molecule has 1 aromatic rings. The van der Waals surface area contributed by atoms with Crippen LogP contribution in [0.3, 0.4) is 0 Å². The van der Waals surface area contributed by atoms with Gasteiger partial charge in [-0.1, -0.05) is 6.07 Å². The number of benzene rings is 1. The van der Waals surface area contributed by atoms with Crippen molar-refractivity contribution in [2.45, 2.75) is 0 Å². The number of nitrogens with zero attached hydrogens (tertiary/aromatic N) is 1. The summed E-state index contributed by atoms with van der Waals surface area (Å²) in [5.41, 5.74) is 0.609. The van der Waals surface area contributed by atoms with E-state index >= 15 is 0 Å². The van der Waals surface area contributed by atoms with Crippen molar-refractivity contribution < 1.29 is 4.74 Å². The summed E-state index contributed by atoms with van der Waals surface area (Å²) in [5.74, 6) is 0.748. The van der Waals surface area contributed by atoms with Crippen LogP contribution in [-0.2, 0) is 0 Å². The highest BCUT2D eigenvalue weighted by atomic mass is 79.9. The summed E-state index contributed by atoms with van der Waals surface area (Å²) >= 11 is 3.28. The van der Waals surface area contributed by atoms with Gasteiger partial charge in [-0.3, -0.25) is 0 Å². The molecule has 0 amide bonds. The number of halogens is 1. The minimum absolute atomic E-state index is 0.609. The maximum atomic E-state index is 6.73. The Morgan fingerprint density at radius 3 is 2.73 bits per heavy atom. The molecule has 1 rings (SSSR count). The van der Waals surface area contributed by atoms with Crippen LogP contribution in [0.1, 0.15) is 0 Å². The van der Waals surface area contributed by atoms with Gasteiger partial charge in [0.1, 0.15) is 5.75 Å². The number of hydrogen-bond acceptors (Lipinski definition) is 1. The van der Waals surface area contributed by atoms with E-state index < -0.39 is 0 Å². The van der Waals surface area contributed by atoms with Crippen LogP contribution in [-0.4, -0.2) is 7.11 Å². The first-order valence-corrected chi connectivity index (χ1v) is 3.78. The molecule has 0 radical (unpaired) electrons. The third-order valence-corrected chi connectivity index (χ3v) is 1.88. The first kappa shape index (κ1) is 8.09. The van der Waals surface area contributed by atoms with Crippen LogP contribution in [0.5, 0.6) is 5.75 Å². The quantitative estimate of drug-likeness (QED) is 0.652. The van der Waals surface area contributed by atoms with Crippen LogP contribution < -0.4 is 4.74 Å². The molecule has 0 saturated heterocycles. The zero-order valence-electron chi connectivity index (χ0n) is 5.97. The molecule has 0 aromatic heterocycles. The topological polar surface area (TPSA) is 13.6 Å². The fraction of sp³-hybridized carbons (Fsp3) is 0.125. The molecular weight excluding hydrogens is 206 g/mol. The molecule has 2 nitrogen and oxygen atoms in total. The minimum atomic E-state index is 0.609. The summed E-state index contributed by atoms with van der Waals surface area (Å²) in [7, 11) is 1.59. The molecule has 11 heavy (non-hydrogen) atoms. The molecule has 0 saturated carbocycles. The van der Waals surface area contributed by atoms with E-state index in [0.29, 0.717) is 5.69 Å². The van der Waals surface area contributed by atoms with E-state index in [0.717, 1.165) is 10.2 Å². The van der Waals surface area contributed by atoms with E-state index in [4.69, 9.17) is 11.3 Å². The number of ether oxygens (including phenoxy) is 1. The molecule has 0 aliphatic carbocycles. The summed E-state index contributed by atoms with van der Waals surface area (Å²) in [5, 5.41) is 0. The molecule has 0 bridgehead atoms. The lowest BCUT2D eigenvalue weighted by atomic mass is 10.3. The smallest absolute Gasteiger partial charge is 0.188 e. The van der Waals surface area contributed by atoms with Gasteiger partial charge in [-0.15, -0.1) is 0 Å². The number of rotatable bonds is 1. The van der Waals surface area contributed by atoms with E-state index in [1.165, 1.54) is 0 Å². The van der Waals surface area contributed by atoms with Crippen molar-refractivity contribution in [3.63, 3.8) is 0 Å². The average Bonchev–Trinajstić information content (AvgIpc) is 2.04. The van der Waals surface area contributed by atoms with Gasteiger partial charge in [-0.2, -0.15) is 0 Å². The monoisotopic (exact) mass is 211 g/mol. The highest BCUT2D eigenvalue weighted by molar-refractivity contribution is 9.10. The van der Waals surface area contributed by atoms with Gasteiger partial charge >= 0.3 is 0 Å². The molecule has 0 aliphatic heterocycles. The van der Waals surface area contributed by atoms with Crippen molar-refractivity contribution in [2.24, 2.45) is 0 Å². The van der Waals surface area contributed by atoms with Gasteiger partial charge in [0, 0.05) is 4.47 Å². The molecule has 56 valence electrons. The van der Waals surface area contributed by atoms with E-state index in [-0.39, 0.29) is 0 Å². The molecule has 0 aliphatic rings. The predicted octanol–water partition coefficient (Wildman–Crippen LogP) is 3.01. The Morgan fingerprint density at radius 1 is 1.55 bits per heavy atom. The van der Waals surface area contributed by atoms with E-state index in [2.05, 4.69) is 20.8 Å². The highest BCUT2D eigenvalue weighted by Crippen LogP contribution is 2.28. The van der Waals surface area contributed by atoms with E-state index in [1.807, 2.05) is 0 Å². The standard InChI is InChI=1S/C8H6BrNO/c1-10-6-3-4-8(11-2)7(9)5-6/h3-5H,2H3. The van der Waals surface area contributed by atoms with Crippen LogP contribution in [0, 0.1) is 6.57 Å². The van der Waals surface area contributed by atoms with Crippen LogP contribution in [0.25, 0.3) is 4.85 Å². The minimum Gasteiger partial charge on any atom is -0.496 e. The Balaban J connectivity index is 3.12. The lowest BCUT2D eigenvalue weighted by Crippen LogP contribution is -1.82. The first-order chi connectivity index (χ1) is 5.27. The molecule has 3 heteroatoms. The van der Waals surface area contributed by atoms with Crippen molar-refractivity contribution in [3.05, 3.63) is 34.1 Å². The molecule has 0 fully saturated rings. The van der Waals surface area contributed by atoms with E-state index in [1.54, 1.807) is 25.3 Å². The van der Waals surface area contributed by atoms with Crippen molar-refractivity contribution in [1.29, 1.82) is 0 Å². The SMILES string of the molecule is [C-]#[N+]c1ccc(OC)c(Br)c1. The predicted molar refractivity (Wildman–Crippen MR) is 47.0 cm³/mol. The number of hydrogen-bond donors (Lipinski definition) is 0. The van der Waals surface area contributed by atoms with Gasteiger partial charge in [-0.25, -0.2) is 4.85 Å². The Bertz CT molecular complexity index is 303. The Labute approximate surface area is 73.7 Å². The van der Waals surface area contributed by atoms with Crippen molar-refractivity contribution in [2.75, 3.05) is 7.11 Å². The van der Waals surface area contributed by atoms with Crippen molar-refractivity contribution >= 4 is 21.6 Å². The fourth-order valence-corrected chi connectivity index (χ4v) is 1.25. The fourth-order valence-electron chi connectivity index (χ4n) is 0.725. The summed E-state index contributed by atoms with van der Waals surface area (Å²) in [6, 6.07) is 5.21. The van der Waals surface area contributed by atoms with Gasteiger partial charge in [0.05, 0.1) is 13.7 Å². The van der Waals surface area contributed by atoms with Crippen LogP contribution in [0.2, 0.25) is 0 Å².